The van der Waals surface area contributed by atoms with Crippen LogP contribution in [-0.4, -0.2) is 50.5 Å². The van der Waals surface area contributed by atoms with Gasteiger partial charge in [-0.1, -0.05) is 90.6 Å². The lowest BCUT2D eigenvalue weighted by molar-refractivity contribution is -0.141. The second-order valence-corrected chi connectivity index (χ2v) is 13.2. The van der Waals surface area contributed by atoms with E-state index >= 15 is 0 Å². The molecule has 0 unspecified atom stereocenters. The summed E-state index contributed by atoms with van der Waals surface area (Å²) in [5.74, 6) is -0.561. The Kier molecular flexibility index (Phi) is 13.0. The summed E-state index contributed by atoms with van der Waals surface area (Å²) in [6.07, 6.45) is 3.36. The first-order valence-corrected chi connectivity index (χ1v) is 16.8. The Morgan fingerprint density at radius 1 is 0.905 bits per heavy atom. The summed E-state index contributed by atoms with van der Waals surface area (Å²) in [5.41, 5.74) is 1.96. The Morgan fingerprint density at radius 2 is 1.62 bits per heavy atom. The van der Waals surface area contributed by atoms with Crippen LogP contribution in [0.4, 0.5) is 5.69 Å². The number of halogens is 3. The second kappa shape index (κ2) is 16.2. The van der Waals surface area contributed by atoms with Gasteiger partial charge in [0, 0.05) is 47.5 Å². The van der Waals surface area contributed by atoms with Crippen molar-refractivity contribution in [3.05, 3.63) is 99.0 Å². The van der Waals surface area contributed by atoms with E-state index < -0.39 is 16.1 Å². The van der Waals surface area contributed by atoms with Crippen LogP contribution < -0.4 is 9.62 Å². The molecular weight excluding hydrogens is 617 g/mol. The van der Waals surface area contributed by atoms with E-state index in [1.807, 2.05) is 37.3 Å². The first-order valence-electron chi connectivity index (χ1n) is 13.8. The maximum atomic E-state index is 13.9. The Bertz CT molecular complexity index is 1450. The van der Waals surface area contributed by atoms with Crippen molar-refractivity contribution in [1.29, 1.82) is 0 Å². The van der Waals surface area contributed by atoms with Crippen molar-refractivity contribution in [1.82, 2.24) is 10.2 Å². The Labute approximate surface area is 263 Å². The van der Waals surface area contributed by atoms with Crippen molar-refractivity contribution >= 4 is 62.3 Å². The summed E-state index contributed by atoms with van der Waals surface area (Å²) in [6, 6.07) is 20.3. The van der Waals surface area contributed by atoms with Crippen LogP contribution in [0.1, 0.15) is 43.7 Å². The third-order valence-corrected chi connectivity index (χ3v) is 8.72. The Morgan fingerprint density at radius 3 is 2.26 bits per heavy atom. The largest absolute Gasteiger partial charge is 0.354 e. The number of nitrogens with zero attached hydrogens (tertiary/aromatic N) is 2. The highest BCUT2D eigenvalue weighted by Gasteiger charge is 2.31. The molecule has 0 aliphatic carbocycles. The predicted octanol–water partition coefficient (Wildman–Crippen LogP) is 6.75. The molecule has 0 radical (unpaired) electrons. The minimum Gasteiger partial charge on any atom is -0.354 e. The molecule has 0 saturated heterocycles. The van der Waals surface area contributed by atoms with Gasteiger partial charge < -0.3 is 10.2 Å². The second-order valence-electron chi connectivity index (χ2n) is 10.0. The Hall–Kier alpha value is -2.78. The highest BCUT2D eigenvalue weighted by atomic mass is 35.5. The predicted molar refractivity (Wildman–Crippen MR) is 172 cm³/mol. The number of unbranched alkanes of at least 4 members (excludes halogenated alkanes) is 1. The average Bonchev–Trinajstić information content (AvgIpc) is 2.94. The van der Waals surface area contributed by atoms with Gasteiger partial charge in [-0.3, -0.25) is 13.9 Å². The zero-order valence-corrected chi connectivity index (χ0v) is 26.8. The van der Waals surface area contributed by atoms with Crippen LogP contribution in [0.2, 0.25) is 15.1 Å². The molecule has 0 fully saturated rings. The molecule has 3 aromatic carbocycles. The number of sulfonamides is 1. The van der Waals surface area contributed by atoms with Crippen molar-refractivity contribution in [2.45, 2.75) is 51.6 Å². The minimum atomic E-state index is -3.64. The number of carbonyl (C=O) groups excluding carboxylic acids is 2. The monoisotopic (exact) mass is 651 g/mol. The number of rotatable bonds is 15. The smallest absolute Gasteiger partial charge is 0.243 e. The highest BCUT2D eigenvalue weighted by Crippen LogP contribution is 2.26. The maximum absolute atomic E-state index is 13.9. The maximum Gasteiger partial charge on any atom is 0.243 e. The van der Waals surface area contributed by atoms with E-state index in [1.165, 1.54) is 9.21 Å². The fourth-order valence-electron chi connectivity index (χ4n) is 4.53. The van der Waals surface area contributed by atoms with Gasteiger partial charge in [0.15, 0.2) is 0 Å². The van der Waals surface area contributed by atoms with Gasteiger partial charge in [-0.05, 0) is 54.3 Å². The number of carbonyl (C=O) groups is 2. The molecule has 0 heterocycles. The van der Waals surface area contributed by atoms with Gasteiger partial charge in [0.2, 0.25) is 21.8 Å². The van der Waals surface area contributed by atoms with Gasteiger partial charge in [0.1, 0.15) is 6.04 Å². The molecular formula is C31H36Cl3N3O4S. The molecule has 1 atom stereocenters. The fraction of sp³-hybridized carbons (Fsp3) is 0.355. The summed E-state index contributed by atoms with van der Waals surface area (Å²) in [5, 5.41) is 4.23. The van der Waals surface area contributed by atoms with Crippen LogP contribution in [0, 0.1) is 0 Å². The highest BCUT2D eigenvalue weighted by molar-refractivity contribution is 7.92. The quantitative estimate of drug-likeness (QED) is 0.184. The molecule has 226 valence electrons. The number of nitrogens with one attached hydrogen (secondary N) is 1. The van der Waals surface area contributed by atoms with Crippen LogP contribution >= 0.6 is 34.8 Å². The third-order valence-electron chi connectivity index (χ3n) is 6.70. The van der Waals surface area contributed by atoms with Crippen LogP contribution in [0.5, 0.6) is 0 Å². The summed E-state index contributed by atoms with van der Waals surface area (Å²) in [7, 11) is -3.64. The van der Waals surface area contributed by atoms with Crippen LogP contribution in [0.3, 0.4) is 0 Å². The molecule has 1 N–H and O–H groups in total. The average molecular weight is 653 g/mol. The zero-order valence-electron chi connectivity index (χ0n) is 23.7. The number of amides is 2. The van der Waals surface area contributed by atoms with E-state index in [-0.39, 0.29) is 37.7 Å². The first-order chi connectivity index (χ1) is 20.0. The summed E-state index contributed by atoms with van der Waals surface area (Å²) < 4.78 is 26.4. The summed E-state index contributed by atoms with van der Waals surface area (Å²) >= 11 is 18.7. The van der Waals surface area contributed by atoms with Gasteiger partial charge in [0.05, 0.1) is 11.9 Å². The lowest BCUT2D eigenvalue weighted by Gasteiger charge is -2.32. The van der Waals surface area contributed by atoms with Gasteiger partial charge in [0.25, 0.3) is 0 Å². The van der Waals surface area contributed by atoms with Crippen molar-refractivity contribution < 1.29 is 18.0 Å². The van der Waals surface area contributed by atoms with Gasteiger partial charge in [-0.2, -0.15) is 0 Å². The summed E-state index contributed by atoms with van der Waals surface area (Å²) in [4.78, 5) is 29.0. The van der Waals surface area contributed by atoms with E-state index in [0.717, 1.165) is 24.7 Å². The molecule has 0 aliphatic rings. The molecule has 0 spiro atoms. The third kappa shape index (κ3) is 10.2. The lowest BCUT2D eigenvalue weighted by Crippen LogP contribution is -2.50. The first kappa shape index (κ1) is 33.7. The van der Waals surface area contributed by atoms with Crippen molar-refractivity contribution in [3.63, 3.8) is 0 Å². The molecule has 0 saturated carbocycles. The molecule has 42 heavy (non-hydrogen) atoms. The number of hydrogen-bond donors (Lipinski definition) is 1. The fourth-order valence-corrected chi connectivity index (χ4v) is 6.14. The van der Waals surface area contributed by atoms with Gasteiger partial charge in [-0.15, -0.1) is 0 Å². The lowest BCUT2D eigenvalue weighted by atomic mass is 10.0. The topological polar surface area (TPSA) is 86.8 Å². The van der Waals surface area contributed by atoms with Crippen LogP contribution in [0.25, 0.3) is 0 Å². The molecule has 0 aliphatic heterocycles. The van der Waals surface area contributed by atoms with E-state index in [9.17, 15) is 18.0 Å². The number of anilines is 1. The van der Waals surface area contributed by atoms with E-state index in [2.05, 4.69) is 5.32 Å². The van der Waals surface area contributed by atoms with E-state index in [4.69, 9.17) is 34.8 Å². The molecule has 11 heteroatoms. The standard InChI is InChI=1S/C31H36Cl3N3O4S/c1-3-4-17-35-31(39)29(19-23-10-6-5-7-11-23)36(22-24-15-16-26(33)21-28(24)34)30(38)14-9-18-37(42(2,40)41)27-13-8-12-25(32)20-27/h5-8,10-13,15-16,20-21,29H,3-4,9,14,17-19,22H2,1-2H3,(H,35,39)/t29-/m1/s1. The Balaban J connectivity index is 1.90. The zero-order chi connectivity index (χ0) is 30.7. The van der Waals surface area contributed by atoms with Crippen LogP contribution in [-0.2, 0) is 32.6 Å². The molecule has 3 rings (SSSR count). The van der Waals surface area contributed by atoms with E-state index in [1.54, 1.807) is 42.5 Å². The molecule has 7 nitrogen and oxygen atoms in total. The summed E-state index contributed by atoms with van der Waals surface area (Å²) in [6.45, 7) is 2.67. The van der Waals surface area contributed by atoms with E-state index in [0.29, 0.717) is 39.3 Å². The SMILES string of the molecule is CCCCNC(=O)[C@@H](Cc1ccccc1)N(Cc1ccc(Cl)cc1Cl)C(=O)CCCN(c1cccc(Cl)c1)S(C)(=O)=O. The van der Waals surface area contributed by atoms with Crippen molar-refractivity contribution in [2.24, 2.45) is 0 Å². The number of benzene rings is 3. The van der Waals surface area contributed by atoms with Gasteiger partial charge >= 0.3 is 0 Å². The molecule has 0 aromatic heterocycles. The van der Waals surface area contributed by atoms with Gasteiger partial charge in [-0.25, -0.2) is 8.42 Å². The normalized spacial score (nSPS) is 12.0. The molecule has 0 bridgehead atoms. The molecule has 3 aromatic rings. The van der Waals surface area contributed by atoms with Crippen molar-refractivity contribution in [3.8, 4) is 0 Å². The minimum absolute atomic E-state index is 0.00528. The van der Waals surface area contributed by atoms with Crippen molar-refractivity contribution in [2.75, 3.05) is 23.7 Å². The molecule has 2 amide bonds. The number of hydrogen-bond acceptors (Lipinski definition) is 4. The van der Waals surface area contributed by atoms with Crippen LogP contribution in [0.15, 0.2) is 72.8 Å².